The molecule has 3 rings (SSSR count). The SMILES string of the molecule is CCC1(C)NC(c2ccccc2F)N(CC2CC2C)C1=O. The minimum Gasteiger partial charge on any atom is -0.321 e. The van der Waals surface area contributed by atoms with Crippen molar-refractivity contribution in [1.82, 2.24) is 10.2 Å². The van der Waals surface area contributed by atoms with Crippen molar-refractivity contribution in [3.63, 3.8) is 0 Å². The minimum absolute atomic E-state index is 0.0948. The van der Waals surface area contributed by atoms with Gasteiger partial charge >= 0.3 is 0 Å². The van der Waals surface area contributed by atoms with Crippen LogP contribution in [0, 0.1) is 17.7 Å². The maximum absolute atomic E-state index is 14.1. The lowest BCUT2D eigenvalue weighted by atomic mass is 9.99. The van der Waals surface area contributed by atoms with Crippen molar-refractivity contribution in [1.29, 1.82) is 0 Å². The number of carbonyl (C=O) groups is 1. The van der Waals surface area contributed by atoms with Crippen LogP contribution in [0.2, 0.25) is 0 Å². The van der Waals surface area contributed by atoms with E-state index >= 15 is 0 Å². The van der Waals surface area contributed by atoms with Gasteiger partial charge in [-0.25, -0.2) is 4.39 Å². The molecular formula is C17H23FN2O. The summed E-state index contributed by atoms with van der Waals surface area (Å²) in [5.41, 5.74) is -0.0261. The zero-order valence-corrected chi connectivity index (χ0v) is 12.9. The van der Waals surface area contributed by atoms with E-state index in [1.165, 1.54) is 6.07 Å². The lowest BCUT2D eigenvalue weighted by molar-refractivity contribution is -0.133. The Morgan fingerprint density at radius 3 is 2.67 bits per heavy atom. The predicted octanol–water partition coefficient (Wildman–Crippen LogP) is 3.08. The van der Waals surface area contributed by atoms with Crippen molar-refractivity contribution < 1.29 is 9.18 Å². The molecule has 2 fully saturated rings. The zero-order valence-electron chi connectivity index (χ0n) is 12.9. The quantitative estimate of drug-likeness (QED) is 0.924. The van der Waals surface area contributed by atoms with E-state index in [1.807, 2.05) is 24.8 Å². The number of nitrogens with one attached hydrogen (secondary N) is 1. The van der Waals surface area contributed by atoms with E-state index in [1.54, 1.807) is 12.1 Å². The van der Waals surface area contributed by atoms with Crippen LogP contribution in [0.5, 0.6) is 0 Å². The molecule has 0 aromatic heterocycles. The van der Waals surface area contributed by atoms with Crippen LogP contribution in [0.3, 0.4) is 0 Å². The van der Waals surface area contributed by atoms with Crippen LogP contribution < -0.4 is 5.32 Å². The molecule has 1 aliphatic carbocycles. The largest absolute Gasteiger partial charge is 0.321 e. The van der Waals surface area contributed by atoms with Crippen LogP contribution >= 0.6 is 0 Å². The molecule has 21 heavy (non-hydrogen) atoms. The molecule has 4 unspecified atom stereocenters. The summed E-state index contributed by atoms with van der Waals surface area (Å²) in [5, 5.41) is 3.36. The van der Waals surface area contributed by atoms with Crippen LogP contribution in [-0.2, 0) is 4.79 Å². The average Bonchev–Trinajstić information content (AvgIpc) is 3.11. The van der Waals surface area contributed by atoms with Gasteiger partial charge in [-0.15, -0.1) is 0 Å². The van der Waals surface area contributed by atoms with Crippen LogP contribution in [0.1, 0.15) is 45.3 Å². The number of nitrogens with zero attached hydrogens (tertiary/aromatic N) is 1. The molecule has 3 nitrogen and oxygen atoms in total. The van der Waals surface area contributed by atoms with Gasteiger partial charge in [0.15, 0.2) is 0 Å². The van der Waals surface area contributed by atoms with E-state index in [4.69, 9.17) is 0 Å². The summed E-state index contributed by atoms with van der Waals surface area (Å²) < 4.78 is 14.1. The Bertz CT molecular complexity index is 561. The molecule has 1 saturated carbocycles. The molecule has 1 aromatic carbocycles. The number of hydrogen-bond acceptors (Lipinski definition) is 2. The Balaban J connectivity index is 1.92. The Morgan fingerprint density at radius 2 is 2.10 bits per heavy atom. The van der Waals surface area contributed by atoms with Gasteiger partial charge in [-0.1, -0.05) is 32.0 Å². The van der Waals surface area contributed by atoms with Gasteiger partial charge in [0.1, 0.15) is 12.0 Å². The van der Waals surface area contributed by atoms with Gasteiger partial charge in [0.25, 0.3) is 0 Å². The van der Waals surface area contributed by atoms with Gasteiger partial charge in [-0.05, 0) is 37.7 Å². The number of benzene rings is 1. The van der Waals surface area contributed by atoms with Gasteiger partial charge in [0.05, 0.1) is 5.54 Å². The highest BCUT2D eigenvalue weighted by Crippen LogP contribution is 2.42. The summed E-state index contributed by atoms with van der Waals surface area (Å²) in [5.74, 6) is 1.08. The highest BCUT2D eigenvalue weighted by molar-refractivity contribution is 5.88. The van der Waals surface area contributed by atoms with Gasteiger partial charge in [-0.3, -0.25) is 10.1 Å². The third-order valence-electron chi connectivity index (χ3n) is 5.11. The van der Waals surface area contributed by atoms with Crippen molar-refractivity contribution in [3.8, 4) is 0 Å². The first-order chi connectivity index (χ1) is 9.96. The van der Waals surface area contributed by atoms with Crippen LogP contribution in [0.4, 0.5) is 4.39 Å². The molecule has 0 radical (unpaired) electrons. The molecule has 1 heterocycles. The normalized spacial score (nSPS) is 35.3. The predicted molar refractivity (Wildman–Crippen MR) is 80.0 cm³/mol. The summed E-state index contributed by atoms with van der Waals surface area (Å²) >= 11 is 0. The topological polar surface area (TPSA) is 32.3 Å². The molecule has 1 aromatic rings. The summed E-state index contributed by atoms with van der Waals surface area (Å²) in [4.78, 5) is 14.6. The van der Waals surface area contributed by atoms with Crippen molar-refractivity contribution in [2.45, 2.75) is 45.3 Å². The lowest BCUT2D eigenvalue weighted by Crippen LogP contribution is -2.43. The molecule has 1 amide bonds. The minimum atomic E-state index is -0.592. The van der Waals surface area contributed by atoms with E-state index in [0.717, 1.165) is 13.0 Å². The maximum atomic E-state index is 14.1. The fourth-order valence-corrected chi connectivity index (χ4v) is 3.17. The molecule has 2 aliphatic rings. The molecule has 4 atom stereocenters. The highest BCUT2D eigenvalue weighted by Gasteiger charge is 2.50. The van der Waals surface area contributed by atoms with E-state index in [9.17, 15) is 9.18 Å². The van der Waals surface area contributed by atoms with Crippen LogP contribution in [-0.4, -0.2) is 22.9 Å². The van der Waals surface area contributed by atoms with E-state index in [-0.39, 0.29) is 17.9 Å². The zero-order chi connectivity index (χ0) is 15.2. The first-order valence-corrected chi connectivity index (χ1v) is 7.79. The van der Waals surface area contributed by atoms with Gasteiger partial charge in [-0.2, -0.15) is 0 Å². The first kappa shape index (κ1) is 14.5. The number of halogens is 1. The van der Waals surface area contributed by atoms with Gasteiger partial charge in [0, 0.05) is 12.1 Å². The summed E-state index contributed by atoms with van der Waals surface area (Å²) in [7, 11) is 0. The average molecular weight is 290 g/mol. The second kappa shape index (κ2) is 5.09. The second-order valence-corrected chi connectivity index (χ2v) is 6.68. The molecule has 4 heteroatoms. The van der Waals surface area contributed by atoms with E-state index in [0.29, 0.717) is 23.8 Å². The number of hydrogen-bond donors (Lipinski definition) is 1. The fraction of sp³-hybridized carbons (Fsp3) is 0.588. The highest BCUT2D eigenvalue weighted by atomic mass is 19.1. The second-order valence-electron chi connectivity index (χ2n) is 6.68. The monoisotopic (exact) mass is 290 g/mol. The molecular weight excluding hydrogens is 267 g/mol. The standard InChI is InChI=1S/C17H23FN2O/c1-4-17(3)16(21)20(10-12-9-11(12)2)15(19-17)13-7-5-6-8-14(13)18/h5-8,11-12,15,19H,4,9-10H2,1-3H3. The fourth-order valence-electron chi connectivity index (χ4n) is 3.17. The Morgan fingerprint density at radius 1 is 1.43 bits per heavy atom. The summed E-state index contributed by atoms with van der Waals surface area (Å²) in [6, 6.07) is 6.73. The third-order valence-corrected chi connectivity index (χ3v) is 5.11. The molecule has 114 valence electrons. The Hall–Kier alpha value is -1.42. The lowest BCUT2D eigenvalue weighted by Gasteiger charge is -2.25. The number of amides is 1. The van der Waals surface area contributed by atoms with Crippen molar-refractivity contribution in [3.05, 3.63) is 35.6 Å². The van der Waals surface area contributed by atoms with Crippen molar-refractivity contribution in [2.75, 3.05) is 6.54 Å². The van der Waals surface area contributed by atoms with Crippen LogP contribution in [0.25, 0.3) is 0 Å². The van der Waals surface area contributed by atoms with Gasteiger partial charge < -0.3 is 4.90 Å². The summed E-state index contributed by atoms with van der Waals surface area (Å²) in [6.45, 7) is 6.84. The molecule has 0 spiro atoms. The summed E-state index contributed by atoms with van der Waals surface area (Å²) in [6.07, 6.45) is 1.51. The third kappa shape index (κ3) is 2.46. The van der Waals surface area contributed by atoms with E-state index < -0.39 is 5.54 Å². The van der Waals surface area contributed by atoms with Gasteiger partial charge in [0.2, 0.25) is 5.91 Å². The molecule has 0 bridgehead atoms. The molecule has 1 saturated heterocycles. The molecule has 1 aliphatic heterocycles. The van der Waals surface area contributed by atoms with Crippen molar-refractivity contribution in [2.24, 2.45) is 11.8 Å². The molecule has 1 N–H and O–H groups in total. The number of rotatable bonds is 4. The smallest absolute Gasteiger partial charge is 0.244 e. The maximum Gasteiger partial charge on any atom is 0.244 e. The van der Waals surface area contributed by atoms with Crippen molar-refractivity contribution >= 4 is 5.91 Å². The van der Waals surface area contributed by atoms with E-state index in [2.05, 4.69) is 12.2 Å². The first-order valence-electron chi connectivity index (χ1n) is 7.79. The Labute approximate surface area is 125 Å². The van der Waals surface area contributed by atoms with Crippen LogP contribution in [0.15, 0.2) is 24.3 Å². The Kier molecular flexibility index (Phi) is 3.52. The number of carbonyl (C=O) groups excluding carboxylic acids is 1.